The van der Waals surface area contributed by atoms with E-state index in [0.717, 1.165) is 12.3 Å². The summed E-state index contributed by atoms with van der Waals surface area (Å²) in [5.74, 6) is -0.604. The highest BCUT2D eigenvalue weighted by atomic mass is 35.5. The number of nitrogens with zero attached hydrogens (tertiary/aromatic N) is 2. The highest BCUT2D eigenvalue weighted by molar-refractivity contribution is 6.33. The summed E-state index contributed by atoms with van der Waals surface area (Å²) >= 11 is 11.1. The van der Waals surface area contributed by atoms with E-state index in [1.807, 2.05) is 0 Å². The van der Waals surface area contributed by atoms with Gasteiger partial charge in [-0.3, -0.25) is 14.9 Å². The number of rotatable bonds is 4. The van der Waals surface area contributed by atoms with Gasteiger partial charge in [0.05, 0.1) is 17.0 Å². The second-order valence-electron chi connectivity index (χ2n) is 2.99. The zero-order valence-electron chi connectivity index (χ0n) is 8.44. The van der Waals surface area contributed by atoms with E-state index in [2.05, 4.69) is 16.9 Å². The highest BCUT2D eigenvalue weighted by Gasteiger charge is 2.16. The smallest absolute Gasteiger partial charge is 0.288 e. The molecule has 90 valence electrons. The van der Waals surface area contributed by atoms with Gasteiger partial charge < -0.3 is 5.32 Å². The monoisotopic (exact) mass is 275 g/mol. The molecular formula is C9H7Cl2N3O3. The third-order valence-corrected chi connectivity index (χ3v) is 2.16. The summed E-state index contributed by atoms with van der Waals surface area (Å²) in [4.78, 5) is 25.0. The van der Waals surface area contributed by atoms with Gasteiger partial charge in [-0.2, -0.15) is 0 Å². The maximum atomic E-state index is 11.6. The first-order chi connectivity index (χ1) is 7.91. The first kappa shape index (κ1) is 13.4. The lowest BCUT2D eigenvalue weighted by atomic mass is 10.2. The third-order valence-electron chi connectivity index (χ3n) is 1.72. The number of carbonyl (C=O) groups is 1. The molecule has 0 atom stereocenters. The lowest BCUT2D eigenvalue weighted by Gasteiger charge is -2.04. The number of halogens is 2. The Hall–Kier alpha value is -1.66. The van der Waals surface area contributed by atoms with Crippen molar-refractivity contribution in [1.29, 1.82) is 0 Å². The van der Waals surface area contributed by atoms with Crippen molar-refractivity contribution in [2.24, 2.45) is 0 Å². The predicted octanol–water partition coefficient (Wildman–Crippen LogP) is 2.13. The number of amides is 1. The Bertz CT molecular complexity index is 490. The number of pyridine rings is 1. The fourth-order valence-electron chi connectivity index (χ4n) is 0.968. The average molecular weight is 276 g/mol. The van der Waals surface area contributed by atoms with E-state index in [0.29, 0.717) is 0 Å². The molecule has 1 aromatic rings. The lowest BCUT2D eigenvalue weighted by molar-refractivity contribution is -0.385. The van der Waals surface area contributed by atoms with E-state index in [9.17, 15) is 14.9 Å². The Morgan fingerprint density at radius 2 is 2.29 bits per heavy atom. The first-order valence-electron chi connectivity index (χ1n) is 4.33. The highest BCUT2D eigenvalue weighted by Crippen LogP contribution is 2.18. The van der Waals surface area contributed by atoms with Crippen LogP contribution in [0.25, 0.3) is 0 Å². The maximum Gasteiger partial charge on any atom is 0.288 e. The SMILES string of the molecule is C=C(Cl)CNC(=O)c1cc([N+](=O)[O-])cnc1Cl. The van der Waals surface area contributed by atoms with Gasteiger partial charge in [0.1, 0.15) is 11.3 Å². The van der Waals surface area contributed by atoms with Gasteiger partial charge in [0.25, 0.3) is 11.6 Å². The molecule has 0 aromatic carbocycles. The molecule has 1 heterocycles. The fraction of sp³-hybridized carbons (Fsp3) is 0.111. The lowest BCUT2D eigenvalue weighted by Crippen LogP contribution is -2.25. The normalized spacial score (nSPS) is 9.76. The minimum atomic E-state index is -0.666. The van der Waals surface area contributed by atoms with Gasteiger partial charge in [0, 0.05) is 11.1 Å². The Morgan fingerprint density at radius 1 is 1.65 bits per heavy atom. The van der Waals surface area contributed by atoms with Gasteiger partial charge in [-0.25, -0.2) is 4.98 Å². The number of carbonyl (C=O) groups excluding carboxylic acids is 1. The topological polar surface area (TPSA) is 85.1 Å². The van der Waals surface area contributed by atoms with Crippen LogP contribution in [-0.2, 0) is 0 Å². The van der Waals surface area contributed by atoms with E-state index in [4.69, 9.17) is 23.2 Å². The van der Waals surface area contributed by atoms with Gasteiger partial charge in [0.15, 0.2) is 0 Å². The van der Waals surface area contributed by atoms with Crippen LogP contribution in [-0.4, -0.2) is 22.4 Å². The van der Waals surface area contributed by atoms with Crippen molar-refractivity contribution >= 4 is 34.8 Å². The Kier molecular flexibility index (Phi) is 4.42. The summed E-state index contributed by atoms with van der Waals surface area (Å²) < 4.78 is 0. The zero-order chi connectivity index (χ0) is 13.0. The number of hydrogen-bond donors (Lipinski definition) is 1. The quantitative estimate of drug-likeness (QED) is 0.518. The second-order valence-corrected chi connectivity index (χ2v) is 3.88. The summed E-state index contributed by atoms with van der Waals surface area (Å²) in [6.45, 7) is 3.42. The number of hydrogen-bond acceptors (Lipinski definition) is 4. The first-order valence-corrected chi connectivity index (χ1v) is 5.09. The summed E-state index contributed by atoms with van der Waals surface area (Å²) in [5, 5.41) is 13.0. The van der Waals surface area contributed by atoms with E-state index in [-0.39, 0.29) is 28.0 Å². The van der Waals surface area contributed by atoms with Gasteiger partial charge in [-0.05, 0) is 0 Å². The minimum Gasteiger partial charge on any atom is -0.347 e. The van der Waals surface area contributed by atoms with E-state index < -0.39 is 10.8 Å². The van der Waals surface area contributed by atoms with Crippen LogP contribution < -0.4 is 5.32 Å². The largest absolute Gasteiger partial charge is 0.347 e. The molecule has 0 aliphatic carbocycles. The molecule has 17 heavy (non-hydrogen) atoms. The van der Waals surface area contributed by atoms with Crippen LogP contribution in [0.1, 0.15) is 10.4 Å². The molecule has 0 saturated heterocycles. The van der Waals surface area contributed by atoms with Crippen LogP contribution in [0.3, 0.4) is 0 Å². The zero-order valence-corrected chi connectivity index (χ0v) is 9.96. The predicted molar refractivity (Wildman–Crippen MR) is 63.2 cm³/mol. The molecule has 0 saturated carbocycles. The number of nitrogens with one attached hydrogen (secondary N) is 1. The van der Waals surface area contributed by atoms with Crippen LogP contribution in [0.2, 0.25) is 5.15 Å². The Labute approximate surface area is 106 Å². The van der Waals surface area contributed by atoms with Crippen molar-refractivity contribution in [2.45, 2.75) is 0 Å². The van der Waals surface area contributed by atoms with Crippen LogP contribution in [0, 0.1) is 10.1 Å². The minimum absolute atomic E-state index is 0.0411. The van der Waals surface area contributed by atoms with Gasteiger partial charge in [0.2, 0.25) is 0 Å². The molecule has 0 spiro atoms. The average Bonchev–Trinajstić information content (AvgIpc) is 2.26. The maximum absolute atomic E-state index is 11.6. The summed E-state index contributed by atoms with van der Waals surface area (Å²) in [5.41, 5.74) is -0.400. The summed E-state index contributed by atoms with van der Waals surface area (Å²) in [6.07, 6.45) is 0.972. The van der Waals surface area contributed by atoms with E-state index >= 15 is 0 Å². The van der Waals surface area contributed by atoms with Crippen LogP contribution >= 0.6 is 23.2 Å². The molecule has 0 bridgehead atoms. The number of nitro groups is 1. The van der Waals surface area contributed by atoms with Crippen molar-refractivity contribution in [3.05, 3.63) is 44.7 Å². The van der Waals surface area contributed by atoms with Gasteiger partial charge in [-0.15, -0.1) is 0 Å². The molecule has 0 fully saturated rings. The summed E-state index contributed by atoms with van der Waals surface area (Å²) in [6, 6.07) is 1.04. The summed E-state index contributed by atoms with van der Waals surface area (Å²) in [7, 11) is 0. The molecule has 0 radical (unpaired) electrons. The molecule has 1 aromatic heterocycles. The standard InChI is InChI=1S/C9H7Cl2N3O3/c1-5(10)3-13-9(15)7-2-6(14(16)17)4-12-8(7)11/h2,4H,1,3H2,(H,13,15). The van der Waals surface area contributed by atoms with Crippen molar-refractivity contribution in [3.63, 3.8) is 0 Å². The van der Waals surface area contributed by atoms with Gasteiger partial charge >= 0.3 is 0 Å². The molecular weight excluding hydrogens is 269 g/mol. The van der Waals surface area contributed by atoms with Crippen molar-refractivity contribution in [1.82, 2.24) is 10.3 Å². The molecule has 1 N–H and O–H groups in total. The molecule has 0 aliphatic rings. The molecule has 1 rings (SSSR count). The van der Waals surface area contributed by atoms with Crippen LogP contribution in [0.4, 0.5) is 5.69 Å². The molecule has 8 heteroatoms. The number of aromatic nitrogens is 1. The van der Waals surface area contributed by atoms with Crippen LogP contribution in [0.15, 0.2) is 23.9 Å². The van der Waals surface area contributed by atoms with E-state index in [1.54, 1.807) is 0 Å². The molecule has 0 aliphatic heterocycles. The van der Waals surface area contributed by atoms with Crippen molar-refractivity contribution in [3.8, 4) is 0 Å². The second kappa shape index (κ2) is 5.60. The van der Waals surface area contributed by atoms with Gasteiger partial charge in [-0.1, -0.05) is 29.8 Å². The van der Waals surface area contributed by atoms with Crippen molar-refractivity contribution < 1.29 is 9.72 Å². The molecule has 6 nitrogen and oxygen atoms in total. The van der Waals surface area contributed by atoms with E-state index in [1.165, 1.54) is 0 Å². The van der Waals surface area contributed by atoms with Crippen molar-refractivity contribution in [2.75, 3.05) is 6.54 Å². The third kappa shape index (κ3) is 3.69. The fourth-order valence-corrected chi connectivity index (χ4v) is 1.22. The molecule has 1 amide bonds. The van der Waals surface area contributed by atoms with Crippen LogP contribution in [0.5, 0.6) is 0 Å². The molecule has 0 unspecified atom stereocenters. The Morgan fingerprint density at radius 3 is 2.82 bits per heavy atom. The Balaban J connectivity index is 2.95.